The molecule has 0 aliphatic rings. The van der Waals surface area contributed by atoms with Crippen LogP contribution in [0.15, 0.2) is 30.1 Å². The maximum absolute atomic E-state index is 10.5. The fraction of sp³-hybridized carbons (Fsp3) is 0.0909. The van der Waals surface area contributed by atoms with Gasteiger partial charge >= 0.3 is 0 Å². The van der Waals surface area contributed by atoms with Gasteiger partial charge in [0.15, 0.2) is 0 Å². The molecule has 0 aromatic carbocycles. The standard InChI is InChI=1S/C11H8N2O2/c12-5-10(11(7-14)8-15)4-9-2-1-3-13-6-9/h1-4,6-8,11H/b10-4+. The van der Waals surface area contributed by atoms with Crippen LogP contribution in [0.5, 0.6) is 0 Å². The lowest BCUT2D eigenvalue weighted by Gasteiger charge is -1.99. The van der Waals surface area contributed by atoms with E-state index in [1.807, 2.05) is 6.07 Å². The summed E-state index contributed by atoms with van der Waals surface area (Å²) in [5.41, 5.74) is 0.802. The van der Waals surface area contributed by atoms with Crippen LogP contribution in [-0.4, -0.2) is 17.6 Å². The Bertz CT molecular complexity index is 410. The molecule has 1 aromatic rings. The first-order valence-electron chi connectivity index (χ1n) is 4.24. The molecule has 4 nitrogen and oxygen atoms in total. The molecule has 0 saturated carbocycles. The number of carbonyl (C=O) groups excluding carboxylic acids is 2. The highest BCUT2D eigenvalue weighted by molar-refractivity contribution is 5.85. The number of aldehydes is 2. The molecule has 0 unspecified atom stereocenters. The summed E-state index contributed by atoms with van der Waals surface area (Å²) in [4.78, 5) is 24.8. The molecule has 0 spiro atoms. The third kappa shape index (κ3) is 2.85. The molecule has 1 rings (SSSR count). The average Bonchev–Trinajstić information content (AvgIpc) is 2.30. The Labute approximate surface area is 86.9 Å². The van der Waals surface area contributed by atoms with Crippen molar-refractivity contribution >= 4 is 18.6 Å². The van der Waals surface area contributed by atoms with Gasteiger partial charge in [0.1, 0.15) is 18.5 Å². The van der Waals surface area contributed by atoms with E-state index in [2.05, 4.69) is 4.98 Å². The van der Waals surface area contributed by atoms with Crippen molar-refractivity contribution in [3.8, 4) is 6.07 Å². The summed E-state index contributed by atoms with van der Waals surface area (Å²) in [5, 5.41) is 8.76. The molecule has 0 aliphatic carbocycles. The molecule has 0 atom stereocenters. The first-order chi connectivity index (χ1) is 7.31. The summed E-state index contributed by atoms with van der Waals surface area (Å²) < 4.78 is 0. The van der Waals surface area contributed by atoms with Crippen molar-refractivity contribution in [2.24, 2.45) is 5.92 Å². The molecular formula is C11H8N2O2. The number of nitrogens with zero attached hydrogens (tertiary/aromatic N) is 2. The molecule has 74 valence electrons. The predicted octanol–water partition coefficient (Wildman–Crippen LogP) is 1.00. The van der Waals surface area contributed by atoms with Gasteiger partial charge in [0, 0.05) is 18.0 Å². The number of hydrogen-bond donors (Lipinski definition) is 0. The van der Waals surface area contributed by atoms with Crippen LogP contribution in [-0.2, 0) is 9.59 Å². The molecule has 0 saturated heterocycles. The number of nitriles is 1. The zero-order chi connectivity index (χ0) is 11.1. The Kier molecular flexibility index (Phi) is 3.92. The number of aromatic nitrogens is 1. The van der Waals surface area contributed by atoms with Crippen molar-refractivity contribution in [3.05, 3.63) is 35.7 Å². The summed E-state index contributed by atoms with van der Waals surface area (Å²) in [7, 11) is 0. The first kappa shape index (κ1) is 10.8. The van der Waals surface area contributed by atoms with Crippen molar-refractivity contribution in [1.29, 1.82) is 5.26 Å². The Morgan fingerprint density at radius 1 is 1.47 bits per heavy atom. The van der Waals surface area contributed by atoms with Gasteiger partial charge in [-0.1, -0.05) is 6.07 Å². The third-order valence-electron chi connectivity index (χ3n) is 1.79. The molecule has 0 fully saturated rings. The number of allylic oxidation sites excluding steroid dienone is 1. The van der Waals surface area contributed by atoms with Gasteiger partial charge in [-0.05, 0) is 17.7 Å². The van der Waals surface area contributed by atoms with Gasteiger partial charge in [-0.25, -0.2) is 0 Å². The van der Waals surface area contributed by atoms with E-state index in [4.69, 9.17) is 5.26 Å². The maximum atomic E-state index is 10.5. The Balaban J connectivity index is 3.03. The van der Waals surface area contributed by atoms with Gasteiger partial charge in [-0.2, -0.15) is 5.26 Å². The molecule has 0 amide bonds. The molecule has 0 aliphatic heterocycles. The minimum Gasteiger partial charge on any atom is -0.302 e. The topological polar surface area (TPSA) is 70.8 Å². The lowest BCUT2D eigenvalue weighted by atomic mass is 10.0. The fourth-order valence-electron chi connectivity index (χ4n) is 1.02. The van der Waals surface area contributed by atoms with E-state index in [1.165, 1.54) is 6.08 Å². The van der Waals surface area contributed by atoms with Gasteiger partial charge in [-0.3, -0.25) is 4.98 Å². The molecule has 0 N–H and O–H groups in total. The third-order valence-corrected chi connectivity index (χ3v) is 1.79. The van der Waals surface area contributed by atoms with Crippen LogP contribution in [0.3, 0.4) is 0 Å². The average molecular weight is 200 g/mol. The van der Waals surface area contributed by atoms with E-state index in [9.17, 15) is 9.59 Å². The van der Waals surface area contributed by atoms with Gasteiger partial charge in [0.2, 0.25) is 0 Å². The van der Waals surface area contributed by atoms with Crippen molar-refractivity contribution in [2.75, 3.05) is 0 Å². The quantitative estimate of drug-likeness (QED) is 0.413. The Morgan fingerprint density at radius 2 is 2.20 bits per heavy atom. The summed E-state index contributed by atoms with van der Waals surface area (Å²) in [6, 6.07) is 5.26. The summed E-state index contributed by atoms with van der Waals surface area (Å²) in [6.45, 7) is 0. The second-order valence-electron chi connectivity index (χ2n) is 2.80. The maximum Gasteiger partial charge on any atom is 0.135 e. The summed E-state index contributed by atoms with van der Waals surface area (Å²) >= 11 is 0. The summed E-state index contributed by atoms with van der Waals surface area (Å²) in [5.74, 6) is -0.991. The second kappa shape index (κ2) is 5.45. The van der Waals surface area contributed by atoms with Gasteiger partial charge in [0.05, 0.1) is 6.07 Å². The minimum absolute atomic E-state index is 0.119. The van der Waals surface area contributed by atoms with Gasteiger partial charge < -0.3 is 9.59 Å². The second-order valence-corrected chi connectivity index (χ2v) is 2.80. The SMILES string of the molecule is N#C/C(=C\c1cccnc1)C(C=O)C=O. The lowest BCUT2D eigenvalue weighted by molar-refractivity contribution is -0.117. The fourth-order valence-corrected chi connectivity index (χ4v) is 1.02. The molecule has 1 aromatic heterocycles. The molecule has 1 heterocycles. The van der Waals surface area contributed by atoms with E-state index in [-0.39, 0.29) is 5.57 Å². The van der Waals surface area contributed by atoms with Crippen molar-refractivity contribution in [1.82, 2.24) is 4.98 Å². The van der Waals surface area contributed by atoms with Crippen molar-refractivity contribution in [3.63, 3.8) is 0 Å². The van der Waals surface area contributed by atoms with Crippen LogP contribution < -0.4 is 0 Å². The van der Waals surface area contributed by atoms with E-state index < -0.39 is 5.92 Å². The highest BCUT2D eigenvalue weighted by Gasteiger charge is 2.11. The van der Waals surface area contributed by atoms with Crippen LogP contribution in [0.25, 0.3) is 6.08 Å². The van der Waals surface area contributed by atoms with E-state index in [1.54, 1.807) is 24.5 Å². The van der Waals surface area contributed by atoms with Crippen LogP contribution in [0.1, 0.15) is 5.56 Å². The van der Waals surface area contributed by atoms with Crippen LogP contribution in [0, 0.1) is 17.2 Å². The lowest BCUT2D eigenvalue weighted by Crippen LogP contribution is -2.05. The molecule has 0 bridgehead atoms. The number of pyridine rings is 1. The Morgan fingerprint density at radius 3 is 2.67 bits per heavy atom. The highest BCUT2D eigenvalue weighted by atomic mass is 16.1. The van der Waals surface area contributed by atoms with E-state index >= 15 is 0 Å². The first-order valence-corrected chi connectivity index (χ1v) is 4.24. The van der Waals surface area contributed by atoms with Crippen LogP contribution in [0.4, 0.5) is 0 Å². The minimum atomic E-state index is -0.991. The van der Waals surface area contributed by atoms with Crippen LogP contribution in [0.2, 0.25) is 0 Å². The van der Waals surface area contributed by atoms with Crippen molar-refractivity contribution in [2.45, 2.75) is 0 Å². The normalized spacial score (nSPS) is 10.8. The van der Waals surface area contributed by atoms with Crippen molar-refractivity contribution < 1.29 is 9.59 Å². The number of carbonyl (C=O) groups is 2. The molecule has 4 heteroatoms. The monoisotopic (exact) mass is 200 g/mol. The Hall–Kier alpha value is -2.28. The van der Waals surface area contributed by atoms with E-state index in [0.717, 1.165) is 0 Å². The molecule has 15 heavy (non-hydrogen) atoms. The highest BCUT2D eigenvalue weighted by Crippen LogP contribution is 2.10. The predicted molar refractivity (Wildman–Crippen MR) is 53.4 cm³/mol. The summed E-state index contributed by atoms with van der Waals surface area (Å²) in [6.07, 6.45) is 5.50. The number of rotatable bonds is 4. The van der Waals surface area contributed by atoms with Gasteiger partial charge in [-0.15, -0.1) is 0 Å². The smallest absolute Gasteiger partial charge is 0.135 e. The van der Waals surface area contributed by atoms with E-state index in [0.29, 0.717) is 18.1 Å². The number of hydrogen-bond acceptors (Lipinski definition) is 4. The molecule has 0 radical (unpaired) electrons. The molecular weight excluding hydrogens is 192 g/mol. The zero-order valence-electron chi connectivity index (χ0n) is 7.83. The van der Waals surface area contributed by atoms with Gasteiger partial charge in [0.25, 0.3) is 0 Å². The zero-order valence-corrected chi connectivity index (χ0v) is 7.83. The largest absolute Gasteiger partial charge is 0.302 e. The van der Waals surface area contributed by atoms with Crippen LogP contribution >= 0.6 is 0 Å².